The van der Waals surface area contributed by atoms with Crippen molar-refractivity contribution in [2.75, 3.05) is 18.5 Å². The molecule has 0 aromatic carbocycles. The zero-order chi connectivity index (χ0) is 11.4. The molecule has 1 unspecified atom stereocenters. The largest absolute Gasteiger partial charge is 0.316 e. The molecule has 88 valence electrons. The molecule has 2 rings (SSSR count). The van der Waals surface area contributed by atoms with Gasteiger partial charge < -0.3 is 5.32 Å². The Morgan fingerprint density at radius 2 is 2.25 bits per heavy atom. The van der Waals surface area contributed by atoms with Crippen molar-refractivity contribution in [2.45, 2.75) is 26.2 Å². The average Bonchev–Trinajstić information content (AvgIpc) is 2.82. The molecular weight excluding hydrogens is 202 g/mol. The van der Waals surface area contributed by atoms with E-state index in [1.807, 2.05) is 24.5 Å². The van der Waals surface area contributed by atoms with Gasteiger partial charge in [-0.2, -0.15) is 0 Å². The molecule has 0 radical (unpaired) electrons. The third-order valence-electron chi connectivity index (χ3n) is 3.47. The first-order valence-electron chi connectivity index (χ1n) is 5.92. The van der Waals surface area contributed by atoms with E-state index in [9.17, 15) is 4.79 Å². The zero-order valence-electron chi connectivity index (χ0n) is 9.70. The Balaban J connectivity index is 2.06. The van der Waals surface area contributed by atoms with Gasteiger partial charge in [-0.1, -0.05) is 6.92 Å². The van der Waals surface area contributed by atoms with Crippen LogP contribution < -0.4 is 10.7 Å². The second-order valence-electron chi connectivity index (χ2n) is 4.45. The first kappa shape index (κ1) is 11.2. The molecule has 1 aliphatic heterocycles. The third kappa shape index (κ3) is 2.11. The molecule has 2 N–H and O–H groups in total. The molecule has 2 heterocycles. The van der Waals surface area contributed by atoms with E-state index in [4.69, 9.17) is 0 Å². The normalized spacial score (nSPS) is 25.3. The number of nitrogens with zero attached hydrogens (tertiary/aromatic N) is 1. The summed E-state index contributed by atoms with van der Waals surface area (Å²) in [4.78, 5) is 12.2. The summed E-state index contributed by atoms with van der Waals surface area (Å²) in [6, 6.07) is 3.80. The summed E-state index contributed by atoms with van der Waals surface area (Å²) >= 11 is 0. The number of aromatic nitrogens is 1. The SMILES string of the molecule is CCC1(C(=O)Nn2cccc2)CCCNC1. The number of rotatable bonds is 3. The molecule has 1 saturated heterocycles. The third-order valence-corrected chi connectivity index (χ3v) is 3.47. The minimum Gasteiger partial charge on any atom is -0.316 e. The van der Waals surface area contributed by atoms with Crippen LogP contribution >= 0.6 is 0 Å². The fourth-order valence-corrected chi connectivity index (χ4v) is 2.27. The van der Waals surface area contributed by atoms with Crippen LogP contribution in [-0.2, 0) is 4.79 Å². The molecule has 1 aromatic rings. The van der Waals surface area contributed by atoms with E-state index in [1.165, 1.54) is 0 Å². The maximum absolute atomic E-state index is 12.2. The van der Waals surface area contributed by atoms with Crippen molar-refractivity contribution in [1.29, 1.82) is 0 Å². The lowest BCUT2D eigenvalue weighted by atomic mass is 9.77. The second-order valence-corrected chi connectivity index (χ2v) is 4.45. The van der Waals surface area contributed by atoms with Crippen molar-refractivity contribution >= 4 is 5.91 Å². The fourth-order valence-electron chi connectivity index (χ4n) is 2.27. The van der Waals surface area contributed by atoms with Gasteiger partial charge in [0.2, 0.25) is 5.91 Å². The van der Waals surface area contributed by atoms with E-state index in [0.29, 0.717) is 0 Å². The maximum Gasteiger partial charge on any atom is 0.246 e. The molecule has 1 atom stereocenters. The van der Waals surface area contributed by atoms with Crippen molar-refractivity contribution in [3.63, 3.8) is 0 Å². The smallest absolute Gasteiger partial charge is 0.246 e. The van der Waals surface area contributed by atoms with Crippen molar-refractivity contribution in [3.8, 4) is 0 Å². The number of carbonyl (C=O) groups excluding carboxylic acids is 1. The van der Waals surface area contributed by atoms with Crippen molar-refractivity contribution in [2.24, 2.45) is 5.41 Å². The summed E-state index contributed by atoms with van der Waals surface area (Å²) in [7, 11) is 0. The molecule has 1 aromatic heterocycles. The first-order chi connectivity index (χ1) is 7.77. The Bertz CT molecular complexity index is 339. The van der Waals surface area contributed by atoms with Crippen LogP contribution in [0.2, 0.25) is 0 Å². The Kier molecular flexibility index (Phi) is 3.29. The van der Waals surface area contributed by atoms with Crippen molar-refractivity contribution < 1.29 is 4.79 Å². The van der Waals surface area contributed by atoms with Crippen LogP contribution in [0.4, 0.5) is 0 Å². The quantitative estimate of drug-likeness (QED) is 0.809. The Hall–Kier alpha value is -1.29. The van der Waals surface area contributed by atoms with Gasteiger partial charge in [0.1, 0.15) is 0 Å². The standard InChI is InChI=1S/C12H19N3O/c1-2-12(6-5-7-13-10-12)11(16)14-15-8-3-4-9-15/h3-4,8-9,13H,2,5-7,10H2,1H3,(H,14,16). The Labute approximate surface area is 96.0 Å². The summed E-state index contributed by atoms with van der Waals surface area (Å²) in [5, 5.41) is 3.32. The molecule has 0 aliphatic carbocycles. The van der Waals surface area contributed by atoms with Gasteiger partial charge in [-0.15, -0.1) is 0 Å². The summed E-state index contributed by atoms with van der Waals surface area (Å²) in [5.74, 6) is 0.124. The summed E-state index contributed by atoms with van der Waals surface area (Å²) in [6.07, 6.45) is 6.62. The van der Waals surface area contributed by atoms with E-state index in [-0.39, 0.29) is 11.3 Å². The molecule has 4 nitrogen and oxygen atoms in total. The van der Waals surface area contributed by atoms with Crippen LogP contribution in [0, 0.1) is 5.41 Å². The molecule has 0 spiro atoms. The van der Waals surface area contributed by atoms with Gasteiger partial charge >= 0.3 is 0 Å². The summed E-state index contributed by atoms with van der Waals surface area (Å²) in [5.41, 5.74) is 2.69. The van der Waals surface area contributed by atoms with E-state index in [0.717, 1.165) is 32.4 Å². The predicted octanol–water partition coefficient (Wildman–Crippen LogP) is 1.34. The number of hydrogen-bond donors (Lipinski definition) is 2. The first-order valence-corrected chi connectivity index (χ1v) is 5.92. The molecule has 16 heavy (non-hydrogen) atoms. The van der Waals surface area contributed by atoms with Gasteiger partial charge in [0, 0.05) is 18.9 Å². The molecule has 0 bridgehead atoms. The molecule has 0 saturated carbocycles. The van der Waals surface area contributed by atoms with E-state index < -0.39 is 0 Å². The lowest BCUT2D eigenvalue weighted by Crippen LogP contribution is -2.49. The number of piperidine rings is 1. The number of amides is 1. The topological polar surface area (TPSA) is 46.1 Å². The van der Waals surface area contributed by atoms with E-state index in [2.05, 4.69) is 17.7 Å². The van der Waals surface area contributed by atoms with Crippen LogP contribution in [-0.4, -0.2) is 23.7 Å². The second kappa shape index (κ2) is 4.70. The average molecular weight is 221 g/mol. The van der Waals surface area contributed by atoms with Gasteiger partial charge in [0.05, 0.1) is 5.41 Å². The Morgan fingerprint density at radius 3 is 2.81 bits per heavy atom. The minimum atomic E-state index is -0.234. The van der Waals surface area contributed by atoms with Crippen LogP contribution in [0.1, 0.15) is 26.2 Å². The van der Waals surface area contributed by atoms with Crippen molar-refractivity contribution in [3.05, 3.63) is 24.5 Å². The summed E-state index contributed by atoms with van der Waals surface area (Å²) < 4.78 is 1.72. The lowest BCUT2D eigenvalue weighted by molar-refractivity contribution is -0.127. The highest BCUT2D eigenvalue weighted by Crippen LogP contribution is 2.30. The number of carbonyl (C=O) groups is 1. The molecule has 1 amide bonds. The fraction of sp³-hybridized carbons (Fsp3) is 0.583. The van der Waals surface area contributed by atoms with E-state index in [1.54, 1.807) is 4.68 Å². The molecule has 4 heteroatoms. The van der Waals surface area contributed by atoms with Gasteiger partial charge in [-0.05, 0) is 37.9 Å². The molecule has 1 fully saturated rings. The Morgan fingerprint density at radius 1 is 1.50 bits per heavy atom. The minimum absolute atomic E-state index is 0.124. The number of hydrogen-bond acceptors (Lipinski definition) is 2. The van der Waals surface area contributed by atoms with Gasteiger partial charge in [0.25, 0.3) is 0 Å². The van der Waals surface area contributed by atoms with Crippen molar-refractivity contribution in [1.82, 2.24) is 9.99 Å². The van der Waals surface area contributed by atoms with Crippen LogP contribution in [0.5, 0.6) is 0 Å². The summed E-state index contributed by atoms with van der Waals surface area (Å²) in [6.45, 7) is 3.90. The highest BCUT2D eigenvalue weighted by atomic mass is 16.2. The molecule has 1 aliphatic rings. The maximum atomic E-state index is 12.2. The van der Waals surface area contributed by atoms with Crippen LogP contribution in [0.3, 0.4) is 0 Å². The van der Waals surface area contributed by atoms with Gasteiger partial charge in [-0.25, -0.2) is 0 Å². The molecular formula is C12H19N3O. The van der Waals surface area contributed by atoms with Gasteiger partial charge in [-0.3, -0.25) is 14.9 Å². The monoisotopic (exact) mass is 221 g/mol. The predicted molar refractivity (Wildman–Crippen MR) is 63.6 cm³/mol. The van der Waals surface area contributed by atoms with Crippen LogP contribution in [0.15, 0.2) is 24.5 Å². The lowest BCUT2D eigenvalue weighted by Gasteiger charge is -2.35. The highest BCUT2D eigenvalue weighted by Gasteiger charge is 2.37. The van der Waals surface area contributed by atoms with Gasteiger partial charge in [0.15, 0.2) is 0 Å². The highest BCUT2D eigenvalue weighted by molar-refractivity contribution is 5.89. The van der Waals surface area contributed by atoms with Crippen LogP contribution in [0.25, 0.3) is 0 Å². The zero-order valence-corrected chi connectivity index (χ0v) is 9.70. The van der Waals surface area contributed by atoms with E-state index >= 15 is 0 Å². The number of nitrogens with one attached hydrogen (secondary N) is 2.